The van der Waals surface area contributed by atoms with Gasteiger partial charge in [-0.3, -0.25) is 15.6 Å². The molecule has 2 heterocycles. The molecule has 2 aromatic rings. The summed E-state index contributed by atoms with van der Waals surface area (Å²) in [6.07, 6.45) is 1.33. The molecule has 0 saturated carbocycles. The summed E-state index contributed by atoms with van der Waals surface area (Å²) in [7, 11) is 0. The van der Waals surface area contributed by atoms with Crippen LogP contribution in [0.15, 0.2) is 34.8 Å². The van der Waals surface area contributed by atoms with Gasteiger partial charge in [-0.05, 0) is 45.8 Å². The number of nitrogens with one attached hydrogen (secondary N) is 2. The zero-order chi connectivity index (χ0) is 18.7. The number of hydrogen-bond acceptors (Lipinski definition) is 5. The van der Waals surface area contributed by atoms with Gasteiger partial charge >= 0.3 is 0 Å². The lowest BCUT2D eigenvalue weighted by molar-refractivity contribution is -0.130. The standard InChI is InChI=1S/C17H18BrClN6O/c18-13-2-1-12(9-14(13)19)10-17(26)24-7-5-23(6-8-24)16-4-3-15(21)25(11-20)22-16/h1-4,9,11,20-21H,5-8,10H2. The van der Waals surface area contributed by atoms with E-state index >= 15 is 0 Å². The Morgan fingerprint density at radius 2 is 1.96 bits per heavy atom. The van der Waals surface area contributed by atoms with Crippen molar-refractivity contribution in [2.75, 3.05) is 31.1 Å². The lowest BCUT2D eigenvalue weighted by Gasteiger charge is -2.35. The van der Waals surface area contributed by atoms with Crippen molar-refractivity contribution in [2.24, 2.45) is 0 Å². The van der Waals surface area contributed by atoms with Crippen LogP contribution in [-0.2, 0) is 11.2 Å². The highest BCUT2D eigenvalue weighted by molar-refractivity contribution is 9.10. The fourth-order valence-corrected chi connectivity index (χ4v) is 3.27. The second-order valence-electron chi connectivity index (χ2n) is 5.94. The number of amides is 1. The van der Waals surface area contributed by atoms with Crippen molar-refractivity contribution in [3.8, 4) is 0 Å². The quantitative estimate of drug-likeness (QED) is 0.567. The number of hydrogen-bond donors (Lipinski definition) is 2. The smallest absolute Gasteiger partial charge is 0.227 e. The third kappa shape index (κ3) is 4.13. The van der Waals surface area contributed by atoms with Gasteiger partial charge < -0.3 is 9.80 Å². The van der Waals surface area contributed by atoms with Crippen LogP contribution >= 0.6 is 27.5 Å². The van der Waals surface area contributed by atoms with Gasteiger partial charge in [-0.25, -0.2) is 4.68 Å². The van der Waals surface area contributed by atoms with Crippen molar-refractivity contribution in [1.82, 2.24) is 14.7 Å². The zero-order valence-electron chi connectivity index (χ0n) is 14.0. The predicted octanol–water partition coefficient (Wildman–Crippen LogP) is 2.12. The molecule has 3 rings (SSSR count). The number of halogens is 2. The maximum Gasteiger partial charge on any atom is 0.227 e. The minimum Gasteiger partial charge on any atom is -0.352 e. The van der Waals surface area contributed by atoms with Crippen molar-refractivity contribution < 1.29 is 4.79 Å². The van der Waals surface area contributed by atoms with Crippen molar-refractivity contribution >= 4 is 45.6 Å². The summed E-state index contributed by atoms with van der Waals surface area (Å²) in [5.74, 6) is 0.781. The van der Waals surface area contributed by atoms with Gasteiger partial charge in [0.2, 0.25) is 5.91 Å². The maximum atomic E-state index is 12.5. The molecule has 0 unspecified atom stereocenters. The van der Waals surface area contributed by atoms with Gasteiger partial charge in [-0.15, -0.1) is 5.10 Å². The Labute approximate surface area is 164 Å². The Balaban J connectivity index is 1.61. The van der Waals surface area contributed by atoms with Crippen LogP contribution in [0.5, 0.6) is 0 Å². The first-order valence-electron chi connectivity index (χ1n) is 8.09. The molecule has 1 aliphatic rings. The molecule has 9 heteroatoms. The maximum absolute atomic E-state index is 12.5. The molecular weight excluding hydrogens is 420 g/mol. The molecule has 0 aliphatic carbocycles. The highest BCUT2D eigenvalue weighted by Gasteiger charge is 2.22. The van der Waals surface area contributed by atoms with Gasteiger partial charge in [-0.1, -0.05) is 17.7 Å². The van der Waals surface area contributed by atoms with Gasteiger partial charge in [0.05, 0.1) is 11.4 Å². The third-order valence-corrected chi connectivity index (χ3v) is 5.50. The molecule has 26 heavy (non-hydrogen) atoms. The number of rotatable bonds is 4. The first-order valence-corrected chi connectivity index (χ1v) is 9.27. The van der Waals surface area contributed by atoms with E-state index in [0.717, 1.165) is 16.4 Å². The Kier molecular flexibility index (Phi) is 5.73. The number of aromatic nitrogens is 2. The van der Waals surface area contributed by atoms with Crippen LogP contribution in [0.1, 0.15) is 5.56 Å². The highest BCUT2D eigenvalue weighted by atomic mass is 79.9. The van der Waals surface area contributed by atoms with E-state index in [1.165, 1.54) is 4.68 Å². The fraction of sp³-hybridized carbons (Fsp3) is 0.294. The summed E-state index contributed by atoms with van der Waals surface area (Å²) in [5, 5.41) is 19.8. The van der Waals surface area contributed by atoms with Crippen LogP contribution in [0, 0.1) is 10.8 Å². The minimum atomic E-state index is 0.0760. The normalized spacial score (nSPS) is 14.4. The number of carbonyl (C=O) groups is 1. The molecule has 1 amide bonds. The van der Waals surface area contributed by atoms with Gasteiger partial charge in [-0.2, -0.15) is 0 Å². The molecule has 1 saturated heterocycles. The first-order chi connectivity index (χ1) is 12.5. The van der Waals surface area contributed by atoms with Gasteiger partial charge in [0.1, 0.15) is 17.6 Å². The SMILES string of the molecule is N=Cn1nc(N2CCN(C(=O)Cc3ccc(Br)c(Cl)c3)CC2)ccc1=N. The van der Waals surface area contributed by atoms with Crippen molar-refractivity contribution in [1.29, 1.82) is 10.8 Å². The molecule has 2 N–H and O–H groups in total. The molecule has 0 spiro atoms. The van der Waals surface area contributed by atoms with E-state index in [9.17, 15) is 4.79 Å². The van der Waals surface area contributed by atoms with Gasteiger partial charge in [0.25, 0.3) is 0 Å². The zero-order valence-corrected chi connectivity index (χ0v) is 16.3. The second-order valence-corrected chi connectivity index (χ2v) is 7.21. The average Bonchev–Trinajstić information content (AvgIpc) is 2.65. The van der Waals surface area contributed by atoms with E-state index < -0.39 is 0 Å². The van der Waals surface area contributed by atoms with E-state index in [-0.39, 0.29) is 11.4 Å². The van der Waals surface area contributed by atoms with Crippen LogP contribution in [0.3, 0.4) is 0 Å². The Bertz CT molecular complexity index is 891. The number of carbonyl (C=O) groups excluding carboxylic acids is 1. The number of anilines is 1. The molecule has 0 atom stereocenters. The molecule has 1 fully saturated rings. The number of nitrogens with zero attached hydrogens (tertiary/aromatic N) is 4. The van der Waals surface area contributed by atoms with Crippen molar-refractivity contribution in [3.63, 3.8) is 0 Å². The van der Waals surface area contributed by atoms with Gasteiger partial charge in [0, 0.05) is 30.7 Å². The largest absolute Gasteiger partial charge is 0.352 e. The Morgan fingerprint density at radius 3 is 2.62 bits per heavy atom. The van der Waals surface area contributed by atoms with E-state index in [4.69, 9.17) is 22.4 Å². The molecule has 7 nitrogen and oxygen atoms in total. The molecule has 1 aliphatic heterocycles. The minimum absolute atomic E-state index is 0.0760. The summed E-state index contributed by atoms with van der Waals surface area (Å²) >= 11 is 9.44. The molecular formula is C17H18BrClN6O. The van der Waals surface area contributed by atoms with E-state index in [1.54, 1.807) is 12.1 Å². The average molecular weight is 438 g/mol. The summed E-state index contributed by atoms with van der Waals surface area (Å²) < 4.78 is 2.03. The van der Waals surface area contributed by atoms with E-state index in [1.807, 2.05) is 23.1 Å². The van der Waals surface area contributed by atoms with Crippen molar-refractivity contribution in [3.05, 3.63) is 50.9 Å². The van der Waals surface area contributed by atoms with Crippen LogP contribution in [0.25, 0.3) is 0 Å². The first kappa shape index (κ1) is 18.6. The highest BCUT2D eigenvalue weighted by Crippen LogP contribution is 2.23. The lowest BCUT2D eigenvalue weighted by Crippen LogP contribution is -2.49. The molecule has 1 aromatic heterocycles. The number of piperazine rings is 1. The summed E-state index contributed by atoms with van der Waals surface area (Å²) in [5.41, 5.74) is 1.05. The van der Waals surface area contributed by atoms with E-state index in [0.29, 0.717) is 43.4 Å². The second kappa shape index (κ2) is 8.01. The molecule has 1 aromatic carbocycles. The molecule has 136 valence electrons. The lowest BCUT2D eigenvalue weighted by atomic mass is 10.1. The Morgan fingerprint density at radius 1 is 1.23 bits per heavy atom. The third-order valence-electron chi connectivity index (χ3n) is 4.27. The van der Waals surface area contributed by atoms with E-state index in [2.05, 4.69) is 25.9 Å². The van der Waals surface area contributed by atoms with Crippen LogP contribution in [0.2, 0.25) is 5.02 Å². The van der Waals surface area contributed by atoms with Crippen LogP contribution in [0.4, 0.5) is 5.82 Å². The molecule has 0 radical (unpaired) electrons. The summed E-state index contributed by atoms with van der Waals surface area (Å²) in [6, 6.07) is 8.93. The van der Waals surface area contributed by atoms with Gasteiger partial charge in [0.15, 0.2) is 0 Å². The summed E-state index contributed by atoms with van der Waals surface area (Å²) in [4.78, 5) is 16.4. The van der Waals surface area contributed by atoms with Crippen LogP contribution < -0.4 is 10.4 Å². The molecule has 0 bridgehead atoms. The Hall–Kier alpha value is -2.19. The predicted molar refractivity (Wildman–Crippen MR) is 104 cm³/mol. The number of benzene rings is 1. The van der Waals surface area contributed by atoms with Crippen LogP contribution in [-0.4, -0.2) is 53.1 Å². The fourth-order valence-electron chi connectivity index (χ4n) is 2.82. The topological polar surface area (TPSA) is 89.1 Å². The monoisotopic (exact) mass is 436 g/mol. The van der Waals surface area contributed by atoms with Crippen molar-refractivity contribution in [2.45, 2.75) is 6.42 Å². The summed E-state index contributed by atoms with van der Waals surface area (Å²) in [6.45, 7) is 2.54.